The van der Waals surface area contributed by atoms with Crippen LogP contribution in [0.15, 0.2) is 22.8 Å². The fourth-order valence-electron chi connectivity index (χ4n) is 2.23. The Morgan fingerprint density at radius 1 is 1.53 bits per heavy atom. The summed E-state index contributed by atoms with van der Waals surface area (Å²) in [5.41, 5.74) is 6.11. The van der Waals surface area contributed by atoms with E-state index in [4.69, 9.17) is 10.2 Å². The van der Waals surface area contributed by atoms with Crippen LogP contribution in [0.1, 0.15) is 32.1 Å². The van der Waals surface area contributed by atoms with Crippen molar-refractivity contribution in [3.8, 4) is 0 Å². The molecule has 0 aliphatic rings. The number of hydrogen-bond donors (Lipinski definition) is 1. The van der Waals surface area contributed by atoms with E-state index < -0.39 is 0 Å². The third-order valence-corrected chi connectivity index (χ3v) is 3.90. The highest BCUT2D eigenvalue weighted by Crippen LogP contribution is 2.26. The zero-order valence-electron chi connectivity index (χ0n) is 11.2. The first-order valence-electron chi connectivity index (χ1n) is 6.11. The van der Waals surface area contributed by atoms with Crippen molar-refractivity contribution < 1.29 is 4.42 Å². The summed E-state index contributed by atoms with van der Waals surface area (Å²) in [5, 5.41) is 0. The highest BCUT2D eigenvalue weighted by Gasteiger charge is 2.27. The van der Waals surface area contributed by atoms with Gasteiger partial charge in [0.25, 0.3) is 0 Å². The van der Waals surface area contributed by atoms with Gasteiger partial charge in [0, 0.05) is 17.8 Å². The number of likely N-dealkylation sites (N-methyl/N-ethyl adjacent to an activating group) is 1. The molecule has 0 bridgehead atoms. The normalized spacial score (nSPS) is 17.1. The molecule has 1 aromatic rings. The summed E-state index contributed by atoms with van der Waals surface area (Å²) in [6.45, 7) is 4.26. The molecule has 0 saturated heterocycles. The van der Waals surface area contributed by atoms with Crippen LogP contribution in [0.3, 0.4) is 0 Å². The summed E-state index contributed by atoms with van der Waals surface area (Å²) in [5.74, 6) is 2.08. The van der Waals surface area contributed by atoms with Crippen LogP contribution in [0.4, 0.5) is 0 Å². The molecular weight excluding hydrogens is 232 g/mol. The number of hydrogen-bond acceptors (Lipinski definition) is 4. The van der Waals surface area contributed by atoms with Crippen molar-refractivity contribution in [2.45, 2.75) is 38.4 Å². The predicted octanol–water partition coefficient (Wildman–Crippen LogP) is 2.74. The second kappa shape index (κ2) is 7.09. The third-order valence-electron chi connectivity index (χ3n) is 3.18. The molecule has 4 heteroatoms. The number of furan rings is 1. The smallest absolute Gasteiger partial charge is 0.122 e. The summed E-state index contributed by atoms with van der Waals surface area (Å²) in [4.78, 5) is 2.35. The van der Waals surface area contributed by atoms with E-state index >= 15 is 0 Å². The van der Waals surface area contributed by atoms with Crippen LogP contribution in [-0.4, -0.2) is 36.0 Å². The van der Waals surface area contributed by atoms with Crippen LogP contribution in [0.2, 0.25) is 0 Å². The Kier molecular flexibility index (Phi) is 6.09. The van der Waals surface area contributed by atoms with E-state index in [0.717, 1.165) is 17.9 Å². The fourth-order valence-corrected chi connectivity index (χ4v) is 3.09. The lowest BCUT2D eigenvalue weighted by Crippen LogP contribution is -2.43. The van der Waals surface area contributed by atoms with Gasteiger partial charge < -0.3 is 10.2 Å². The van der Waals surface area contributed by atoms with Crippen molar-refractivity contribution in [2.24, 2.45) is 5.73 Å². The second-order valence-electron chi connectivity index (χ2n) is 4.50. The molecule has 0 aromatic carbocycles. The van der Waals surface area contributed by atoms with Gasteiger partial charge in [0.2, 0.25) is 0 Å². The molecule has 2 N–H and O–H groups in total. The standard InChI is InChI=1S/C13H24N2OS/c1-5-11(9-17-4)15(3)13(10(2)14)12-7-6-8-16-12/h6-8,10-11,13H,5,9,14H2,1-4H3. The largest absolute Gasteiger partial charge is 0.468 e. The molecule has 1 aromatic heterocycles. The SMILES string of the molecule is CCC(CSC)N(C)C(c1ccco1)C(C)N. The topological polar surface area (TPSA) is 42.4 Å². The minimum Gasteiger partial charge on any atom is -0.468 e. The van der Waals surface area contributed by atoms with Gasteiger partial charge in [-0.15, -0.1) is 0 Å². The Labute approximate surface area is 109 Å². The summed E-state index contributed by atoms with van der Waals surface area (Å²) in [7, 11) is 2.14. The minimum atomic E-state index is 0.0575. The van der Waals surface area contributed by atoms with Gasteiger partial charge in [0.05, 0.1) is 12.3 Å². The molecule has 1 rings (SSSR count). The molecule has 0 saturated carbocycles. The van der Waals surface area contributed by atoms with Crippen LogP contribution in [-0.2, 0) is 0 Å². The van der Waals surface area contributed by atoms with Gasteiger partial charge in [-0.1, -0.05) is 6.92 Å². The van der Waals surface area contributed by atoms with E-state index in [1.807, 2.05) is 30.8 Å². The lowest BCUT2D eigenvalue weighted by Gasteiger charge is -2.35. The van der Waals surface area contributed by atoms with Crippen molar-refractivity contribution in [1.82, 2.24) is 4.90 Å². The number of nitrogens with zero attached hydrogens (tertiary/aromatic N) is 1. The van der Waals surface area contributed by atoms with Crippen molar-refractivity contribution in [3.05, 3.63) is 24.2 Å². The van der Waals surface area contributed by atoms with Crippen molar-refractivity contribution in [2.75, 3.05) is 19.1 Å². The van der Waals surface area contributed by atoms with E-state index in [1.165, 1.54) is 0 Å². The maximum absolute atomic E-state index is 6.11. The first kappa shape index (κ1) is 14.6. The molecular formula is C13H24N2OS. The van der Waals surface area contributed by atoms with Crippen molar-refractivity contribution >= 4 is 11.8 Å². The summed E-state index contributed by atoms with van der Waals surface area (Å²) < 4.78 is 5.52. The second-order valence-corrected chi connectivity index (χ2v) is 5.41. The first-order valence-corrected chi connectivity index (χ1v) is 7.51. The van der Waals surface area contributed by atoms with Crippen LogP contribution in [0, 0.1) is 0 Å². The molecule has 0 spiro atoms. The Morgan fingerprint density at radius 2 is 2.24 bits per heavy atom. The highest BCUT2D eigenvalue weighted by atomic mass is 32.2. The van der Waals surface area contributed by atoms with Gasteiger partial charge in [-0.2, -0.15) is 11.8 Å². The van der Waals surface area contributed by atoms with Crippen LogP contribution < -0.4 is 5.73 Å². The summed E-state index contributed by atoms with van der Waals surface area (Å²) in [6.07, 6.45) is 4.99. The lowest BCUT2D eigenvalue weighted by molar-refractivity contribution is 0.144. The van der Waals surface area contributed by atoms with Gasteiger partial charge in [0.15, 0.2) is 0 Å². The lowest BCUT2D eigenvalue weighted by atomic mass is 10.0. The minimum absolute atomic E-state index is 0.0575. The molecule has 3 atom stereocenters. The molecule has 3 unspecified atom stereocenters. The van der Waals surface area contributed by atoms with Crippen LogP contribution >= 0.6 is 11.8 Å². The van der Waals surface area contributed by atoms with E-state index in [2.05, 4.69) is 25.1 Å². The molecule has 17 heavy (non-hydrogen) atoms. The van der Waals surface area contributed by atoms with Gasteiger partial charge in [-0.05, 0) is 38.8 Å². The Hall–Kier alpha value is -0.450. The number of rotatable bonds is 7. The number of nitrogens with two attached hydrogens (primary N) is 1. The highest BCUT2D eigenvalue weighted by molar-refractivity contribution is 7.98. The van der Waals surface area contributed by atoms with Gasteiger partial charge in [-0.25, -0.2) is 0 Å². The molecule has 0 radical (unpaired) electrons. The zero-order chi connectivity index (χ0) is 12.8. The van der Waals surface area contributed by atoms with Crippen LogP contribution in [0.25, 0.3) is 0 Å². The Bertz CT molecular complexity index is 300. The van der Waals surface area contributed by atoms with Crippen LogP contribution in [0.5, 0.6) is 0 Å². The zero-order valence-corrected chi connectivity index (χ0v) is 12.0. The van der Waals surface area contributed by atoms with E-state index in [-0.39, 0.29) is 12.1 Å². The summed E-state index contributed by atoms with van der Waals surface area (Å²) in [6, 6.07) is 4.68. The average molecular weight is 256 g/mol. The fraction of sp³-hybridized carbons (Fsp3) is 0.692. The molecule has 98 valence electrons. The quantitative estimate of drug-likeness (QED) is 0.814. The molecule has 0 fully saturated rings. The van der Waals surface area contributed by atoms with Crippen molar-refractivity contribution in [1.29, 1.82) is 0 Å². The first-order chi connectivity index (χ1) is 8.11. The predicted molar refractivity (Wildman–Crippen MR) is 75.3 cm³/mol. The summed E-state index contributed by atoms with van der Waals surface area (Å²) >= 11 is 1.88. The molecule has 0 aliphatic heterocycles. The monoisotopic (exact) mass is 256 g/mol. The van der Waals surface area contributed by atoms with Gasteiger partial charge in [-0.3, -0.25) is 4.90 Å². The van der Waals surface area contributed by atoms with Gasteiger partial charge >= 0.3 is 0 Å². The maximum atomic E-state index is 6.11. The Morgan fingerprint density at radius 3 is 2.65 bits per heavy atom. The third kappa shape index (κ3) is 3.76. The van der Waals surface area contributed by atoms with Gasteiger partial charge in [0.1, 0.15) is 5.76 Å². The molecule has 0 aliphatic carbocycles. The number of thioether (sulfide) groups is 1. The average Bonchev–Trinajstić information content (AvgIpc) is 2.78. The molecule has 1 heterocycles. The van der Waals surface area contributed by atoms with Crippen molar-refractivity contribution in [3.63, 3.8) is 0 Å². The van der Waals surface area contributed by atoms with E-state index in [0.29, 0.717) is 6.04 Å². The maximum Gasteiger partial charge on any atom is 0.122 e. The Balaban J connectivity index is 2.83. The van der Waals surface area contributed by atoms with E-state index in [9.17, 15) is 0 Å². The van der Waals surface area contributed by atoms with E-state index in [1.54, 1.807) is 6.26 Å². The molecule has 0 amide bonds. The molecule has 3 nitrogen and oxygen atoms in total.